The molecule has 0 spiro atoms. The minimum absolute atomic E-state index is 0.382. The summed E-state index contributed by atoms with van der Waals surface area (Å²) in [5.41, 5.74) is 0.918. The minimum Gasteiger partial charge on any atom is -0.478 e. The summed E-state index contributed by atoms with van der Waals surface area (Å²) in [4.78, 5) is 8.56. The van der Waals surface area contributed by atoms with Gasteiger partial charge in [0, 0.05) is 11.6 Å². The van der Waals surface area contributed by atoms with Gasteiger partial charge in [-0.05, 0) is 12.8 Å². The highest BCUT2D eigenvalue weighted by molar-refractivity contribution is 6.29. The van der Waals surface area contributed by atoms with Crippen molar-refractivity contribution in [2.45, 2.75) is 12.8 Å². The standard InChI is InChI=1S/C15H15ClN2O/c1-2-3-7-10-19-14-11-13(16)17-15(18-14)12-8-5-4-6-9-12/h2,4-6,8-9,11H,1,3,7,10H2. The molecule has 0 aliphatic rings. The predicted octanol–water partition coefficient (Wildman–Crippen LogP) is 4.14. The van der Waals surface area contributed by atoms with Gasteiger partial charge in [0.2, 0.25) is 5.88 Å². The number of halogens is 1. The molecular formula is C15H15ClN2O. The van der Waals surface area contributed by atoms with Crippen molar-refractivity contribution in [1.82, 2.24) is 9.97 Å². The number of allylic oxidation sites excluding steroid dienone is 1. The lowest BCUT2D eigenvalue weighted by Gasteiger charge is -2.07. The molecule has 0 aliphatic heterocycles. The first-order valence-corrected chi connectivity index (χ1v) is 6.51. The Morgan fingerprint density at radius 2 is 2.00 bits per heavy atom. The highest BCUT2D eigenvalue weighted by atomic mass is 35.5. The molecule has 3 nitrogen and oxygen atoms in total. The van der Waals surface area contributed by atoms with E-state index in [1.54, 1.807) is 6.07 Å². The van der Waals surface area contributed by atoms with Crippen molar-refractivity contribution in [3.8, 4) is 17.3 Å². The zero-order valence-corrected chi connectivity index (χ0v) is 11.3. The van der Waals surface area contributed by atoms with Crippen molar-refractivity contribution in [2.24, 2.45) is 0 Å². The SMILES string of the molecule is C=CCCCOc1cc(Cl)nc(-c2ccccc2)n1. The number of hydrogen-bond acceptors (Lipinski definition) is 3. The number of unbranched alkanes of at least 4 members (excludes halogenated alkanes) is 1. The molecule has 2 rings (SSSR count). The van der Waals surface area contributed by atoms with E-state index < -0.39 is 0 Å². The fraction of sp³-hybridized carbons (Fsp3) is 0.200. The van der Waals surface area contributed by atoms with E-state index in [0.717, 1.165) is 18.4 Å². The maximum Gasteiger partial charge on any atom is 0.218 e. The second kappa shape index (κ2) is 6.90. The first kappa shape index (κ1) is 13.6. The fourth-order valence-corrected chi connectivity index (χ4v) is 1.77. The van der Waals surface area contributed by atoms with Crippen LogP contribution in [-0.2, 0) is 0 Å². The summed E-state index contributed by atoms with van der Waals surface area (Å²) in [6.45, 7) is 4.26. The first-order valence-electron chi connectivity index (χ1n) is 6.13. The maximum atomic E-state index is 5.99. The van der Waals surface area contributed by atoms with Crippen LogP contribution in [0.4, 0.5) is 0 Å². The van der Waals surface area contributed by atoms with Crippen LogP contribution in [0.25, 0.3) is 11.4 Å². The van der Waals surface area contributed by atoms with Gasteiger partial charge in [-0.15, -0.1) is 6.58 Å². The summed E-state index contributed by atoms with van der Waals surface area (Å²) in [7, 11) is 0. The molecule has 0 N–H and O–H groups in total. The zero-order valence-electron chi connectivity index (χ0n) is 10.6. The Kier molecular flexibility index (Phi) is 4.93. The number of rotatable bonds is 6. The Bertz CT molecular complexity index is 543. The molecule has 0 amide bonds. The number of nitrogens with zero attached hydrogens (tertiary/aromatic N) is 2. The van der Waals surface area contributed by atoms with Crippen LogP contribution in [0.1, 0.15) is 12.8 Å². The average molecular weight is 275 g/mol. The third kappa shape index (κ3) is 4.07. The molecule has 0 radical (unpaired) electrons. The molecule has 1 heterocycles. The van der Waals surface area contributed by atoms with E-state index in [4.69, 9.17) is 16.3 Å². The van der Waals surface area contributed by atoms with E-state index in [1.807, 2.05) is 36.4 Å². The van der Waals surface area contributed by atoms with E-state index in [2.05, 4.69) is 16.5 Å². The van der Waals surface area contributed by atoms with Crippen molar-refractivity contribution in [3.05, 3.63) is 54.2 Å². The second-order valence-corrected chi connectivity index (χ2v) is 4.39. The van der Waals surface area contributed by atoms with Crippen LogP contribution < -0.4 is 4.74 Å². The molecule has 98 valence electrons. The van der Waals surface area contributed by atoms with E-state index in [0.29, 0.717) is 23.5 Å². The molecule has 0 saturated heterocycles. The van der Waals surface area contributed by atoms with Gasteiger partial charge >= 0.3 is 0 Å². The molecule has 1 aromatic heterocycles. The van der Waals surface area contributed by atoms with Gasteiger partial charge in [0.15, 0.2) is 5.82 Å². The van der Waals surface area contributed by atoms with Gasteiger partial charge in [0.25, 0.3) is 0 Å². The summed E-state index contributed by atoms with van der Waals surface area (Å²) >= 11 is 5.99. The average Bonchev–Trinajstić information content (AvgIpc) is 2.44. The minimum atomic E-state index is 0.382. The normalized spacial score (nSPS) is 10.2. The van der Waals surface area contributed by atoms with Crippen molar-refractivity contribution in [3.63, 3.8) is 0 Å². The molecular weight excluding hydrogens is 260 g/mol. The van der Waals surface area contributed by atoms with Gasteiger partial charge < -0.3 is 4.74 Å². The van der Waals surface area contributed by atoms with Crippen LogP contribution in [0.15, 0.2) is 49.1 Å². The first-order chi connectivity index (χ1) is 9.29. The van der Waals surface area contributed by atoms with E-state index >= 15 is 0 Å². The Morgan fingerprint density at radius 1 is 1.21 bits per heavy atom. The highest BCUT2D eigenvalue weighted by Crippen LogP contribution is 2.21. The third-order valence-electron chi connectivity index (χ3n) is 2.51. The third-order valence-corrected chi connectivity index (χ3v) is 2.70. The summed E-state index contributed by atoms with van der Waals surface area (Å²) < 4.78 is 5.57. The molecule has 0 fully saturated rings. The molecule has 19 heavy (non-hydrogen) atoms. The summed E-state index contributed by atoms with van der Waals surface area (Å²) in [6, 6.07) is 11.3. The molecule has 0 unspecified atom stereocenters. The van der Waals surface area contributed by atoms with Gasteiger partial charge in [-0.2, -0.15) is 4.98 Å². The maximum absolute atomic E-state index is 5.99. The van der Waals surface area contributed by atoms with E-state index in [-0.39, 0.29) is 0 Å². The lowest BCUT2D eigenvalue weighted by atomic mass is 10.2. The topological polar surface area (TPSA) is 35.0 Å². The van der Waals surface area contributed by atoms with Gasteiger partial charge in [-0.1, -0.05) is 48.0 Å². The molecule has 4 heteroatoms. The van der Waals surface area contributed by atoms with Crippen molar-refractivity contribution in [1.29, 1.82) is 0 Å². The lowest BCUT2D eigenvalue weighted by molar-refractivity contribution is 0.300. The highest BCUT2D eigenvalue weighted by Gasteiger charge is 2.06. The summed E-state index contributed by atoms with van der Waals surface area (Å²) in [5, 5.41) is 0.382. The molecule has 0 saturated carbocycles. The van der Waals surface area contributed by atoms with Crippen molar-refractivity contribution >= 4 is 11.6 Å². The smallest absolute Gasteiger partial charge is 0.218 e. The monoisotopic (exact) mass is 274 g/mol. The number of ether oxygens (including phenoxy) is 1. The van der Waals surface area contributed by atoms with Gasteiger partial charge in [0.1, 0.15) is 5.15 Å². The summed E-state index contributed by atoms with van der Waals surface area (Å²) in [5.74, 6) is 1.08. The van der Waals surface area contributed by atoms with Gasteiger partial charge in [-0.3, -0.25) is 0 Å². The second-order valence-electron chi connectivity index (χ2n) is 4.00. The Labute approximate surface area is 117 Å². The Balaban J connectivity index is 2.13. The Hall–Kier alpha value is -1.87. The largest absolute Gasteiger partial charge is 0.478 e. The number of hydrogen-bond donors (Lipinski definition) is 0. The number of aromatic nitrogens is 2. The molecule has 2 aromatic rings. The van der Waals surface area contributed by atoms with Crippen molar-refractivity contribution in [2.75, 3.05) is 6.61 Å². The summed E-state index contributed by atoms with van der Waals surface area (Å²) in [6.07, 6.45) is 3.70. The van der Waals surface area contributed by atoms with Crippen LogP contribution in [0, 0.1) is 0 Å². The van der Waals surface area contributed by atoms with Crippen LogP contribution in [0.3, 0.4) is 0 Å². The molecule has 1 aromatic carbocycles. The Morgan fingerprint density at radius 3 is 2.74 bits per heavy atom. The van der Waals surface area contributed by atoms with Crippen LogP contribution in [-0.4, -0.2) is 16.6 Å². The molecule has 0 atom stereocenters. The predicted molar refractivity (Wildman–Crippen MR) is 77.4 cm³/mol. The van der Waals surface area contributed by atoms with E-state index in [9.17, 15) is 0 Å². The lowest BCUT2D eigenvalue weighted by Crippen LogP contribution is -2.00. The molecule has 0 aliphatic carbocycles. The van der Waals surface area contributed by atoms with Gasteiger partial charge in [0.05, 0.1) is 6.61 Å². The quantitative estimate of drug-likeness (QED) is 0.451. The van der Waals surface area contributed by atoms with Crippen LogP contribution in [0.5, 0.6) is 5.88 Å². The zero-order chi connectivity index (χ0) is 13.5. The van der Waals surface area contributed by atoms with Crippen LogP contribution in [0.2, 0.25) is 5.15 Å². The van der Waals surface area contributed by atoms with Gasteiger partial charge in [-0.25, -0.2) is 4.98 Å². The fourth-order valence-electron chi connectivity index (χ4n) is 1.59. The van der Waals surface area contributed by atoms with Crippen molar-refractivity contribution < 1.29 is 4.74 Å². The molecule has 0 bridgehead atoms. The number of benzene rings is 1. The van der Waals surface area contributed by atoms with E-state index in [1.165, 1.54) is 0 Å². The van der Waals surface area contributed by atoms with Crippen LogP contribution >= 0.6 is 11.6 Å².